The maximum atomic E-state index is 12.3. The largest absolute Gasteiger partial charge is 0.341 e. The minimum atomic E-state index is -0.0121. The number of carbonyl (C=O) groups excluding carboxylic acids is 1. The maximum absolute atomic E-state index is 12.3. The molecule has 1 aromatic carbocycles. The van der Waals surface area contributed by atoms with Crippen molar-refractivity contribution in [3.8, 4) is 10.7 Å². The van der Waals surface area contributed by atoms with Gasteiger partial charge >= 0.3 is 0 Å². The monoisotopic (exact) mass is 395 g/mol. The van der Waals surface area contributed by atoms with Crippen molar-refractivity contribution in [2.24, 2.45) is 0 Å². The molecule has 0 atom stereocenters. The van der Waals surface area contributed by atoms with Gasteiger partial charge in [0.25, 0.3) is 0 Å². The summed E-state index contributed by atoms with van der Waals surface area (Å²) < 4.78 is 5.21. The molecule has 0 spiro atoms. The molecule has 25 heavy (non-hydrogen) atoms. The molecule has 0 radical (unpaired) electrons. The van der Waals surface area contributed by atoms with Crippen LogP contribution in [-0.4, -0.2) is 28.0 Å². The van der Waals surface area contributed by atoms with Gasteiger partial charge < -0.3 is 9.42 Å². The second-order valence-electron chi connectivity index (χ2n) is 5.49. The summed E-state index contributed by atoms with van der Waals surface area (Å²) in [4.78, 5) is 19.2. The Hall–Kier alpha value is -1.89. The maximum Gasteiger partial charge on any atom is 0.227 e. The molecule has 2 heterocycles. The second kappa shape index (κ2) is 7.99. The molecule has 0 fully saturated rings. The van der Waals surface area contributed by atoms with Gasteiger partial charge in [0, 0.05) is 26.4 Å². The number of aromatic nitrogens is 2. The van der Waals surface area contributed by atoms with E-state index in [1.165, 1.54) is 0 Å². The van der Waals surface area contributed by atoms with Crippen LogP contribution in [0.1, 0.15) is 17.9 Å². The van der Waals surface area contributed by atoms with Crippen molar-refractivity contribution in [2.75, 3.05) is 7.05 Å². The van der Waals surface area contributed by atoms with E-state index >= 15 is 0 Å². The van der Waals surface area contributed by atoms with Gasteiger partial charge in [0.2, 0.25) is 17.6 Å². The number of amides is 1. The van der Waals surface area contributed by atoms with Gasteiger partial charge in [-0.3, -0.25) is 4.79 Å². The summed E-state index contributed by atoms with van der Waals surface area (Å²) in [5, 5.41) is 6.87. The Labute approximate surface area is 159 Å². The molecule has 130 valence electrons. The lowest BCUT2D eigenvalue weighted by atomic mass is 10.2. The summed E-state index contributed by atoms with van der Waals surface area (Å²) in [5.41, 5.74) is 0.919. The van der Waals surface area contributed by atoms with Crippen LogP contribution in [0.3, 0.4) is 0 Å². The number of carbonyl (C=O) groups is 1. The smallest absolute Gasteiger partial charge is 0.227 e. The van der Waals surface area contributed by atoms with Crippen LogP contribution in [0, 0.1) is 0 Å². The zero-order valence-corrected chi connectivity index (χ0v) is 15.7. The van der Waals surface area contributed by atoms with E-state index in [0.717, 1.165) is 10.4 Å². The number of nitrogens with zero attached hydrogens (tertiary/aromatic N) is 3. The molecule has 0 aliphatic rings. The van der Waals surface area contributed by atoms with Gasteiger partial charge in [-0.25, -0.2) is 0 Å². The van der Waals surface area contributed by atoms with E-state index in [4.69, 9.17) is 27.7 Å². The average Bonchev–Trinajstić information content (AvgIpc) is 3.26. The third kappa shape index (κ3) is 4.60. The van der Waals surface area contributed by atoms with Gasteiger partial charge in [-0.05, 0) is 29.1 Å². The van der Waals surface area contributed by atoms with Crippen molar-refractivity contribution in [3.63, 3.8) is 0 Å². The van der Waals surface area contributed by atoms with E-state index in [0.29, 0.717) is 41.1 Å². The van der Waals surface area contributed by atoms with Crippen LogP contribution in [0.25, 0.3) is 10.7 Å². The van der Waals surface area contributed by atoms with E-state index in [1.807, 2.05) is 23.6 Å². The molecule has 1 amide bonds. The Morgan fingerprint density at radius 3 is 2.84 bits per heavy atom. The first-order valence-corrected chi connectivity index (χ1v) is 9.21. The first-order valence-electron chi connectivity index (χ1n) is 7.57. The molecule has 0 saturated heterocycles. The van der Waals surface area contributed by atoms with Crippen LogP contribution in [0.4, 0.5) is 0 Å². The van der Waals surface area contributed by atoms with Gasteiger partial charge in [0.05, 0.1) is 14.9 Å². The Morgan fingerprint density at radius 1 is 1.28 bits per heavy atom. The number of hydrogen-bond acceptors (Lipinski definition) is 5. The summed E-state index contributed by atoms with van der Waals surface area (Å²) in [6, 6.07) is 9.19. The van der Waals surface area contributed by atoms with Gasteiger partial charge in [-0.15, -0.1) is 11.3 Å². The first-order chi connectivity index (χ1) is 12.0. The summed E-state index contributed by atoms with van der Waals surface area (Å²) >= 11 is 13.4. The molecular formula is C17H15Cl2N3O2S. The van der Waals surface area contributed by atoms with E-state index in [9.17, 15) is 4.79 Å². The van der Waals surface area contributed by atoms with Crippen LogP contribution in [0.2, 0.25) is 10.0 Å². The lowest BCUT2D eigenvalue weighted by molar-refractivity contribution is -0.130. The van der Waals surface area contributed by atoms with Crippen molar-refractivity contribution in [1.82, 2.24) is 15.0 Å². The normalized spacial score (nSPS) is 10.8. The topological polar surface area (TPSA) is 59.2 Å². The highest BCUT2D eigenvalue weighted by Gasteiger charge is 2.14. The van der Waals surface area contributed by atoms with Gasteiger partial charge in [0.15, 0.2) is 0 Å². The fourth-order valence-corrected chi connectivity index (χ4v) is 3.24. The number of rotatable bonds is 6. The summed E-state index contributed by atoms with van der Waals surface area (Å²) in [7, 11) is 1.75. The molecule has 0 aliphatic heterocycles. The third-order valence-electron chi connectivity index (χ3n) is 3.59. The summed E-state index contributed by atoms with van der Waals surface area (Å²) in [5.74, 6) is 1.00. The quantitative estimate of drug-likeness (QED) is 0.606. The number of thiophene rings is 1. The first kappa shape index (κ1) is 17.9. The van der Waals surface area contributed by atoms with Crippen molar-refractivity contribution < 1.29 is 9.32 Å². The van der Waals surface area contributed by atoms with Crippen LogP contribution >= 0.6 is 34.5 Å². The zero-order valence-electron chi connectivity index (χ0n) is 13.4. The van der Waals surface area contributed by atoms with Crippen LogP contribution in [0.15, 0.2) is 40.2 Å². The predicted molar refractivity (Wildman–Crippen MR) is 98.9 cm³/mol. The number of aryl methyl sites for hydroxylation is 1. The van der Waals surface area contributed by atoms with Crippen LogP contribution in [-0.2, 0) is 17.8 Å². The van der Waals surface area contributed by atoms with Crippen molar-refractivity contribution >= 4 is 40.4 Å². The number of hydrogen-bond donors (Lipinski definition) is 0. The molecule has 3 rings (SSSR count). The van der Waals surface area contributed by atoms with Crippen LogP contribution in [0.5, 0.6) is 0 Å². The number of halogens is 2. The van der Waals surface area contributed by atoms with E-state index < -0.39 is 0 Å². The van der Waals surface area contributed by atoms with Gasteiger partial charge in [-0.2, -0.15) is 4.98 Å². The highest BCUT2D eigenvalue weighted by Crippen LogP contribution is 2.23. The Bertz CT molecular complexity index is 865. The fraction of sp³-hybridized carbons (Fsp3) is 0.235. The SMILES string of the molecule is CN(Cc1ccc(Cl)c(Cl)c1)C(=O)CCc1nc(-c2cccs2)no1. The lowest BCUT2D eigenvalue weighted by Gasteiger charge is -2.17. The highest BCUT2D eigenvalue weighted by molar-refractivity contribution is 7.13. The van der Waals surface area contributed by atoms with Crippen molar-refractivity contribution in [2.45, 2.75) is 19.4 Å². The Balaban J connectivity index is 1.54. The molecule has 3 aromatic rings. The molecule has 0 unspecified atom stereocenters. The van der Waals surface area contributed by atoms with E-state index in [-0.39, 0.29) is 5.91 Å². The second-order valence-corrected chi connectivity index (χ2v) is 7.25. The van der Waals surface area contributed by atoms with Crippen molar-refractivity contribution in [3.05, 3.63) is 57.2 Å². The molecule has 8 heteroatoms. The minimum absolute atomic E-state index is 0.0121. The molecular weight excluding hydrogens is 381 g/mol. The minimum Gasteiger partial charge on any atom is -0.341 e. The van der Waals surface area contributed by atoms with Gasteiger partial charge in [-0.1, -0.05) is 40.5 Å². The summed E-state index contributed by atoms with van der Waals surface area (Å²) in [6.07, 6.45) is 0.701. The molecule has 0 saturated carbocycles. The lowest BCUT2D eigenvalue weighted by Crippen LogP contribution is -2.26. The predicted octanol–water partition coefficient (Wildman–Crippen LogP) is 4.70. The van der Waals surface area contributed by atoms with E-state index in [2.05, 4.69) is 10.1 Å². The highest BCUT2D eigenvalue weighted by atomic mass is 35.5. The molecule has 5 nitrogen and oxygen atoms in total. The Kier molecular flexibility index (Phi) is 5.73. The average molecular weight is 396 g/mol. The Morgan fingerprint density at radius 2 is 2.12 bits per heavy atom. The van der Waals surface area contributed by atoms with Gasteiger partial charge in [0.1, 0.15) is 0 Å². The molecule has 0 bridgehead atoms. The fourth-order valence-electron chi connectivity index (χ4n) is 2.27. The third-order valence-corrected chi connectivity index (χ3v) is 5.20. The molecule has 0 N–H and O–H groups in total. The standard InChI is InChI=1S/C17H15Cl2N3O2S/c1-22(10-11-4-5-12(18)13(19)9-11)16(23)7-6-15-20-17(21-24-15)14-3-2-8-25-14/h2-5,8-9H,6-7,10H2,1H3. The molecule has 2 aromatic heterocycles. The zero-order chi connectivity index (χ0) is 17.8. The summed E-state index contributed by atoms with van der Waals surface area (Å²) in [6.45, 7) is 0.458. The van der Waals surface area contributed by atoms with Crippen molar-refractivity contribution in [1.29, 1.82) is 0 Å². The van der Waals surface area contributed by atoms with Crippen LogP contribution < -0.4 is 0 Å². The number of benzene rings is 1. The van der Waals surface area contributed by atoms with E-state index in [1.54, 1.807) is 35.4 Å². The molecule has 0 aliphatic carbocycles.